The summed E-state index contributed by atoms with van der Waals surface area (Å²) in [6.07, 6.45) is 1.51. The van der Waals surface area contributed by atoms with Gasteiger partial charge in [0.1, 0.15) is 0 Å². The predicted octanol–water partition coefficient (Wildman–Crippen LogP) is 1.05. The van der Waals surface area contributed by atoms with Crippen LogP contribution in [0.5, 0.6) is 0 Å². The Morgan fingerprint density at radius 2 is 1.50 bits per heavy atom. The third kappa shape index (κ3) is 29.2. The molecule has 18 heavy (non-hydrogen) atoms. The lowest BCUT2D eigenvalue weighted by molar-refractivity contribution is -0.139. The lowest BCUT2D eigenvalue weighted by atomic mass is 10.2. The van der Waals surface area contributed by atoms with E-state index in [4.69, 9.17) is 20.6 Å². The zero-order chi connectivity index (χ0) is 15.1. The number of nitriles is 1. The van der Waals surface area contributed by atoms with E-state index >= 15 is 0 Å². The first kappa shape index (κ1) is 20.5. The average molecular weight is 255 g/mol. The van der Waals surface area contributed by atoms with Gasteiger partial charge in [-0.2, -0.15) is 5.26 Å². The van der Waals surface area contributed by atoms with Crippen LogP contribution >= 0.6 is 0 Å². The molecule has 0 amide bonds. The highest BCUT2D eigenvalue weighted by atomic mass is 16.4. The molecule has 0 radical (unpaired) electrons. The Hall–Kier alpha value is -2.88. The summed E-state index contributed by atoms with van der Waals surface area (Å²) in [4.78, 5) is 28.9. The van der Waals surface area contributed by atoms with E-state index in [0.29, 0.717) is 0 Å². The van der Waals surface area contributed by atoms with Gasteiger partial charge in [0, 0.05) is 17.7 Å². The van der Waals surface area contributed by atoms with Gasteiger partial charge in [0.05, 0.1) is 12.5 Å². The monoisotopic (exact) mass is 255 g/mol. The van der Waals surface area contributed by atoms with Crippen molar-refractivity contribution in [2.24, 2.45) is 0 Å². The summed E-state index contributed by atoms with van der Waals surface area (Å²) < 4.78 is 0. The number of hydrogen-bond acceptors (Lipinski definition) is 4. The standard InChI is InChI=1S/C5H6O4.C3H3N.C3H4O2/c1-3(5(8)9)2-4(6)7;1-2-3-4;1-2-3(4)5/h1-2H2,(H,6,7)(H,8,9);2H,1H2;2H,1H2,(H,4,5). The van der Waals surface area contributed by atoms with Crippen LogP contribution in [0, 0.1) is 11.3 Å². The van der Waals surface area contributed by atoms with Crippen LogP contribution in [0.25, 0.3) is 0 Å². The van der Waals surface area contributed by atoms with Crippen LogP contribution in [0.3, 0.4) is 0 Å². The minimum absolute atomic E-state index is 0.303. The number of carboxylic acid groups (broad SMARTS) is 3. The Morgan fingerprint density at radius 3 is 1.56 bits per heavy atom. The van der Waals surface area contributed by atoms with Gasteiger partial charge in [0.25, 0.3) is 0 Å². The summed E-state index contributed by atoms with van der Waals surface area (Å²) in [5.41, 5.74) is -0.303. The minimum atomic E-state index is -1.27. The lowest BCUT2D eigenvalue weighted by Crippen LogP contribution is -2.04. The maximum atomic E-state index is 9.87. The largest absolute Gasteiger partial charge is 0.481 e. The van der Waals surface area contributed by atoms with Gasteiger partial charge >= 0.3 is 17.9 Å². The summed E-state index contributed by atoms with van der Waals surface area (Å²) in [6.45, 7) is 9.09. The van der Waals surface area contributed by atoms with Gasteiger partial charge in [-0.3, -0.25) is 4.79 Å². The summed E-state index contributed by atoms with van der Waals surface area (Å²) >= 11 is 0. The summed E-state index contributed by atoms with van der Waals surface area (Å²) in [5, 5.41) is 31.2. The van der Waals surface area contributed by atoms with Crippen molar-refractivity contribution < 1.29 is 29.7 Å². The molecule has 0 aliphatic rings. The summed E-state index contributed by atoms with van der Waals surface area (Å²) in [6, 6.07) is 1.69. The number of nitrogens with zero attached hydrogens (tertiary/aromatic N) is 1. The fraction of sp³-hybridized carbons (Fsp3) is 0.0909. The second-order valence-electron chi connectivity index (χ2n) is 2.35. The van der Waals surface area contributed by atoms with E-state index in [1.165, 1.54) is 6.08 Å². The third-order valence-corrected chi connectivity index (χ3v) is 0.933. The molecule has 0 unspecified atom stereocenters. The van der Waals surface area contributed by atoms with Crippen LogP contribution in [0.15, 0.2) is 37.5 Å². The summed E-state index contributed by atoms with van der Waals surface area (Å²) in [7, 11) is 0. The quantitative estimate of drug-likeness (QED) is 0.504. The Balaban J connectivity index is -0.000000212. The molecular weight excluding hydrogens is 242 g/mol. The molecular formula is C11H13NO6. The maximum Gasteiger partial charge on any atom is 0.331 e. The zero-order valence-corrected chi connectivity index (χ0v) is 9.50. The van der Waals surface area contributed by atoms with Crippen molar-refractivity contribution in [1.29, 1.82) is 5.26 Å². The highest BCUT2D eigenvalue weighted by Crippen LogP contribution is 1.95. The highest BCUT2D eigenvalue weighted by Gasteiger charge is 2.07. The zero-order valence-electron chi connectivity index (χ0n) is 9.50. The first-order chi connectivity index (χ1) is 8.22. The number of rotatable bonds is 4. The van der Waals surface area contributed by atoms with E-state index in [2.05, 4.69) is 19.7 Å². The van der Waals surface area contributed by atoms with Gasteiger partial charge in [-0.05, 0) is 0 Å². The van der Waals surface area contributed by atoms with Crippen molar-refractivity contribution in [2.45, 2.75) is 6.42 Å². The van der Waals surface area contributed by atoms with Crippen molar-refractivity contribution in [3.63, 3.8) is 0 Å². The van der Waals surface area contributed by atoms with E-state index in [0.717, 1.165) is 6.08 Å². The molecule has 0 fully saturated rings. The maximum absolute atomic E-state index is 9.87. The molecule has 0 aliphatic carbocycles. The van der Waals surface area contributed by atoms with Gasteiger partial charge in [0.15, 0.2) is 0 Å². The Bertz CT molecular complexity index is 377. The van der Waals surface area contributed by atoms with E-state index in [9.17, 15) is 14.4 Å². The van der Waals surface area contributed by atoms with E-state index in [-0.39, 0.29) is 5.57 Å². The molecule has 0 aromatic carbocycles. The highest BCUT2D eigenvalue weighted by molar-refractivity contribution is 5.91. The SMILES string of the molecule is C=C(CC(=O)O)C(=O)O.C=CC#N.C=CC(=O)O. The predicted molar refractivity (Wildman–Crippen MR) is 62.7 cm³/mol. The molecule has 7 nitrogen and oxygen atoms in total. The number of allylic oxidation sites excluding steroid dienone is 1. The first-order valence-electron chi connectivity index (χ1n) is 4.21. The lowest BCUT2D eigenvalue weighted by Gasteiger charge is -1.91. The number of aliphatic carboxylic acids is 3. The molecule has 0 bridgehead atoms. The molecule has 0 aromatic heterocycles. The van der Waals surface area contributed by atoms with Crippen molar-refractivity contribution in [2.75, 3.05) is 0 Å². The van der Waals surface area contributed by atoms with E-state index in [1.54, 1.807) is 6.07 Å². The minimum Gasteiger partial charge on any atom is -0.481 e. The number of hydrogen-bond donors (Lipinski definition) is 3. The smallest absolute Gasteiger partial charge is 0.331 e. The third-order valence-electron chi connectivity index (χ3n) is 0.933. The molecule has 0 saturated carbocycles. The molecule has 0 heterocycles. The Labute approximate surface area is 104 Å². The topological polar surface area (TPSA) is 136 Å². The molecule has 98 valence electrons. The number of carbonyl (C=O) groups is 3. The summed E-state index contributed by atoms with van der Waals surface area (Å²) in [5.74, 6) is -3.43. The van der Waals surface area contributed by atoms with Crippen molar-refractivity contribution >= 4 is 17.9 Å². The first-order valence-corrected chi connectivity index (χ1v) is 4.21. The van der Waals surface area contributed by atoms with Crippen LogP contribution in [0.4, 0.5) is 0 Å². The molecule has 3 N–H and O–H groups in total. The van der Waals surface area contributed by atoms with Crippen molar-refractivity contribution in [3.05, 3.63) is 37.5 Å². The van der Waals surface area contributed by atoms with Crippen LogP contribution in [0.1, 0.15) is 6.42 Å². The van der Waals surface area contributed by atoms with Gasteiger partial charge in [-0.1, -0.05) is 19.7 Å². The molecule has 0 atom stereocenters. The van der Waals surface area contributed by atoms with E-state index in [1.807, 2.05) is 0 Å². The molecule has 0 rings (SSSR count). The second kappa shape index (κ2) is 14.1. The van der Waals surface area contributed by atoms with Crippen LogP contribution in [-0.4, -0.2) is 33.2 Å². The van der Waals surface area contributed by atoms with Gasteiger partial charge < -0.3 is 15.3 Å². The average Bonchev–Trinajstić information content (AvgIpc) is 2.29. The fourth-order valence-electron chi connectivity index (χ4n) is 0.258. The van der Waals surface area contributed by atoms with Crippen LogP contribution < -0.4 is 0 Å². The normalized spacial score (nSPS) is 6.83. The van der Waals surface area contributed by atoms with Gasteiger partial charge in [-0.25, -0.2) is 9.59 Å². The van der Waals surface area contributed by atoms with Gasteiger partial charge in [-0.15, -0.1) is 0 Å². The second-order valence-corrected chi connectivity index (χ2v) is 2.35. The van der Waals surface area contributed by atoms with Crippen LogP contribution in [-0.2, 0) is 14.4 Å². The molecule has 0 aliphatic heterocycles. The fourth-order valence-corrected chi connectivity index (χ4v) is 0.258. The van der Waals surface area contributed by atoms with E-state index < -0.39 is 24.3 Å². The Kier molecular flexibility index (Phi) is 16.1. The number of carboxylic acids is 3. The molecule has 0 saturated heterocycles. The Morgan fingerprint density at radius 1 is 1.17 bits per heavy atom. The van der Waals surface area contributed by atoms with Crippen molar-refractivity contribution in [1.82, 2.24) is 0 Å². The molecule has 0 spiro atoms. The van der Waals surface area contributed by atoms with Crippen molar-refractivity contribution in [3.8, 4) is 6.07 Å². The molecule has 0 aromatic rings. The van der Waals surface area contributed by atoms with Crippen LogP contribution in [0.2, 0.25) is 0 Å². The molecule has 7 heteroatoms. The van der Waals surface area contributed by atoms with Gasteiger partial charge in [0.2, 0.25) is 0 Å².